The summed E-state index contributed by atoms with van der Waals surface area (Å²) in [4.78, 5) is 39.2. The summed E-state index contributed by atoms with van der Waals surface area (Å²) in [6.45, 7) is 1.22. The van der Waals surface area contributed by atoms with Gasteiger partial charge in [-0.3, -0.25) is 15.0 Å². The van der Waals surface area contributed by atoms with Gasteiger partial charge in [0.2, 0.25) is 11.1 Å². The third-order valence-corrected chi connectivity index (χ3v) is 6.86. The van der Waals surface area contributed by atoms with Gasteiger partial charge in [0.15, 0.2) is 5.54 Å². The van der Waals surface area contributed by atoms with Crippen LogP contribution in [0.15, 0.2) is 65.8 Å². The number of hydrazine groups is 1. The summed E-state index contributed by atoms with van der Waals surface area (Å²) in [5.74, 6) is -1.23. The molecule has 3 heterocycles. The van der Waals surface area contributed by atoms with E-state index in [1.54, 1.807) is 53.2 Å². The number of nitrogens with one attached hydrogen (secondary N) is 2. The van der Waals surface area contributed by atoms with Crippen LogP contribution in [0, 0.1) is 0 Å². The van der Waals surface area contributed by atoms with Gasteiger partial charge in [-0.05, 0) is 34.4 Å². The zero-order valence-electron chi connectivity index (χ0n) is 18.7. The summed E-state index contributed by atoms with van der Waals surface area (Å²) in [5.41, 5.74) is 2.16. The molecule has 0 bridgehead atoms. The van der Waals surface area contributed by atoms with E-state index >= 15 is 0 Å². The van der Waals surface area contributed by atoms with Crippen LogP contribution >= 0.6 is 11.8 Å². The number of tetrazole rings is 1. The molecule has 2 saturated heterocycles. The van der Waals surface area contributed by atoms with Gasteiger partial charge in [0.25, 0.3) is 5.91 Å². The molecule has 1 aromatic heterocycles. The lowest BCUT2D eigenvalue weighted by Gasteiger charge is -2.27. The van der Waals surface area contributed by atoms with E-state index in [1.165, 1.54) is 0 Å². The Hall–Kier alpha value is -3.77. The number of thioether (sulfide) groups is 1. The van der Waals surface area contributed by atoms with Crippen molar-refractivity contribution in [2.24, 2.45) is 0 Å². The summed E-state index contributed by atoms with van der Waals surface area (Å²) in [6, 6.07) is 17.1. The Morgan fingerprint density at radius 3 is 2.43 bits per heavy atom. The van der Waals surface area contributed by atoms with Gasteiger partial charge >= 0.3 is 6.03 Å². The number of benzene rings is 2. The molecular formula is C23H23N7O4S. The molecule has 2 aliphatic heterocycles. The monoisotopic (exact) mass is 493 g/mol. The molecule has 4 amide bonds. The fourth-order valence-electron chi connectivity index (χ4n) is 4.25. The van der Waals surface area contributed by atoms with E-state index in [4.69, 9.17) is 4.74 Å². The van der Waals surface area contributed by atoms with Crippen LogP contribution in [-0.2, 0) is 26.4 Å². The maximum atomic E-state index is 13.6. The highest BCUT2D eigenvalue weighted by molar-refractivity contribution is 7.99. The smallest absolute Gasteiger partial charge is 0.344 e. The third-order valence-electron chi connectivity index (χ3n) is 5.90. The van der Waals surface area contributed by atoms with Crippen LogP contribution in [0.2, 0.25) is 0 Å². The number of amides is 4. The minimum atomic E-state index is -1.45. The van der Waals surface area contributed by atoms with Crippen molar-refractivity contribution in [3.8, 4) is 0 Å². The SMILES string of the molecule is O=C(CSc1nnnn1C[C@H]1CCCO1)NN1C(=O)NC(c2ccccc2)(c2ccccc2)C1=O. The summed E-state index contributed by atoms with van der Waals surface area (Å²) >= 11 is 1.11. The van der Waals surface area contributed by atoms with Crippen LogP contribution in [-0.4, -0.2) is 61.5 Å². The van der Waals surface area contributed by atoms with E-state index in [1.807, 2.05) is 12.1 Å². The Labute approximate surface area is 205 Å². The maximum absolute atomic E-state index is 13.6. The van der Waals surface area contributed by atoms with Crippen molar-refractivity contribution in [1.82, 2.24) is 36.0 Å². The van der Waals surface area contributed by atoms with Gasteiger partial charge in [-0.2, -0.15) is 5.01 Å². The van der Waals surface area contributed by atoms with Crippen molar-refractivity contribution in [2.45, 2.75) is 36.2 Å². The number of hydrogen-bond acceptors (Lipinski definition) is 8. The highest BCUT2D eigenvalue weighted by Crippen LogP contribution is 2.35. The standard InChI is InChI=1S/C23H23N7O4S/c31-19(15-35-22-25-27-28-29(22)14-18-12-7-13-34-18)26-30-20(32)23(24-21(30)33,16-8-3-1-4-9-16)17-10-5-2-6-11-17/h1-6,8-11,18H,7,12-15H2,(H,24,33)(H,26,31)/t18-/m1/s1. The second-order valence-corrected chi connectivity index (χ2v) is 9.10. The van der Waals surface area contributed by atoms with Crippen molar-refractivity contribution < 1.29 is 19.1 Å². The molecule has 2 fully saturated rings. The number of imide groups is 1. The molecule has 0 radical (unpaired) electrons. The number of aromatic nitrogens is 4. The average molecular weight is 494 g/mol. The second-order valence-electron chi connectivity index (χ2n) is 8.16. The topological polar surface area (TPSA) is 131 Å². The Morgan fingerprint density at radius 2 is 1.80 bits per heavy atom. The van der Waals surface area contributed by atoms with Gasteiger partial charge in [-0.15, -0.1) is 5.10 Å². The van der Waals surface area contributed by atoms with Crippen LogP contribution in [0.5, 0.6) is 0 Å². The Kier molecular flexibility index (Phi) is 6.47. The normalized spacial score (nSPS) is 19.1. The molecule has 35 heavy (non-hydrogen) atoms. The first-order valence-corrected chi connectivity index (χ1v) is 12.1. The molecule has 5 rings (SSSR count). The molecule has 180 valence electrons. The Bertz CT molecular complexity index is 1180. The fourth-order valence-corrected chi connectivity index (χ4v) is 4.93. The van der Waals surface area contributed by atoms with Gasteiger partial charge in [0, 0.05) is 6.61 Å². The molecule has 2 aromatic carbocycles. The molecule has 2 N–H and O–H groups in total. The molecule has 1 atom stereocenters. The largest absolute Gasteiger partial charge is 0.376 e. The van der Waals surface area contributed by atoms with Crippen molar-refractivity contribution in [3.63, 3.8) is 0 Å². The van der Waals surface area contributed by atoms with Crippen molar-refractivity contribution in [3.05, 3.63) is 71.8 Å². The highest BCUT2D eigenvalue weighted by Gasteiger charge is 2.54. The predicted octanol–water partition coefficient (Wildman–Crippen LogP) is 1.47. The minimum absolute atomic E-state index is 0.0432. The van der Waals surface area contributed by atoms with E-state index in [0.717, 1.165) is 36.2 Å². The van der Waals surface area contributed by atoms with Crippen LogP contribution in [0.1, 0.15) is 24.0 Å². The second kappa shape index (κ2) is 9.84. The van der Waals surface area contributed by atoms with Gasteiger partial charge in [0.05, 0.1) is 18.4 Å². The number of ether oxygens (including phenoxy) is 1. The number of carbonyl (C=O) groups is 3. The lowest BCUT2D eigenvalue weighted by Crippen LogP contribution is -2.49. The van der Waals surface area contributed by atoms with E-state index in [0.29, 0.717) is 22.8 Å². The van der Waals surface area contributed by atoms with Crippen LogP contribution in [0.25, 0.3) is 0 Å². The first kappa shape index (κ1) is 23.0. The Balaban J connectivity index is 1.30. The summed E-state index contributed by atoms with van der Waals surface area (Å²) in [7, 11) is 0. The molecule has 0 saturated carbocycles. The molecule has 0 spiro atoms. The zero-order valence-corrected chi connectivity index (χ0v) is 19.5. The van der Waals surface area contributed by atoms with Gasteiger partial charge in [-0.1, -0.05) is 72.4 Å². The van der Waals surface area contributed by atoms with Crippen molar-refractivity contribution in [2.75, 3.05) is 12.4 Å². The zero-order chi connectivity index (χ0) is 24.3. The molecule has 12 heteroatoms. The first-order chi connectivity index (χ1) is 17.1. The molecule has 0 aliphatic carbocycles. The lowest BCUT2D eigenvalue weighted by molar-refractivity contribution is -0.137. The maximum Gasteiger partial charge on any atom is 0.344 e. The number of urea groups is 1. The molecule has 11 nitrogen and oxygen atoms in total. The van der Waals surface area contributed by atoms with Crippen LogP contribution in [0.3, 0.4) is 0 Å². The predicted molar refractivity (Wildman–Crippen MR) is 125 cm³/mol. The number of hydrogen-bond donors (Lipinski definition) is 2. The van der Waals surface area contributed by atoms with Crippen LogP contribution < -0.4 is 10.7 Å². The van der Waals surface area contributed by atoms with Crippen LogP contribution in [0.4, 0.5) is 4.79 Å². The number of nitrogens with zero attached hydrogens (tertiary/aromatic N) is 5. The highest BCUT2D eigenvalue weighted by atomic mass is 32.2. The third kappa shape index (κ3) is 4.49. The quantitative estimate of drug-likeness (QED) is 0.356. The summed E-state index contributed by atoms with van der Waals surface area (Å²) < 4.78 is 7.21. The molecule has 3 aromatic rings. The van der Waals surface area contributed by atoms with E-state index in [2.05, 4.69) is 26.3 Å². The molecule has 0 unspecified atom stereocenters. The average Bonchev–Trinajstić information content (AvgIpc) is 3.62. The lowest BCUT2D eigenvalue weighted by atomic mass is 9.83. The van der Waals surface area contributed by atoms with Crippen molar-refractivity contribution >= 4 is 29.6 Å². The first-order valence-electron chi connectivity index (χ1n) is 11.2. The Morgan fingerprint density at radius 1 is 1.11 bits per heavy atom. The van der Waals surface area contributed by atoms with Gasteiger partial charge in [0.1, 0.15) is 0 Å². The number of rotatable bonds is 8. The summed E-state index contributed by atoms with van der Waals surface area (Å²) in [5, 5.41) is 15.6. The summed E-state index contributed by atoms with van der Waals surface area (Å²) in [6.07, 6.45) is 1.97. The fraction of sp³-hybridized carbons (Fsp3) is 0.304. The van der Waals surface area contributed by atoms with E-state index < -0.39 is 23.4 Å². The number of carbonyl (C=O) groups excluding carboxylic acids is 3. The van der Waals surface area contributed by atoms with Gasteiger partial charge < -0.3 is 10.1 Å². The van der Waals surface area contributed by atoms with E-state index in [9.17, 15) is 14.4 Å². The molecular weight excluding hydrogens is 470 g/mol. The van der Waals surface area contributed by atoms with Crippen molar-refractivity contribution in [1.29, 1.82) is 0 Å². The molecule has 2 aliphatic rings. The minimum Gasteiger partial charge on any atom is -0.376 e. The van der Waals surface area contributed by atoms with E-state index in [-0.39, 0.29) is 11.9 Å². The van der Waals surface area contributed by atoms with Gasteiger partial charge in [-0.25, -0.2) is 9.48 Å².